The van der Waals surface area contributed by atoms with Gasteiger partial charge in [-0.1, -0.05) is 19.1 Å². The van der Waals surface area contributed by atoms with Gasteiger partial charge in [0.1, 0.15) is 10.8 Å². The third kappa shape index (κ3) is 3.39. The predicted octanol–water partition coefficient (Wildman–Crippen LogP) is 3.49. The van der Waals surface area contributed by atoms with Gasteiger partial charge in [0.05, 0.1) is 18.2 Å². The Morgan fingerprint density at radius 3 is 2.72 bits per heavy atom. The van der Waals surface area contributed by atoms with Gasteiger partial charge in [-0.2, -0.15) is 0 Å². The number of para-hydroxylation sites is 1. The van der Waals surface area contributed by atoms with E-state index in [1.54, 1.807) is 25.2 Å². The van der Waals surface area contributed by atoms with E-state index in [4.69, 9.17) is 4.74 Å². The lowest BCUT2D eigenvalue weighted by molar-refractivity contribution is 0.0963. The van der Waals surface area contributed by atoms with Crippen molar-refractivity contribution in [3.8, 4) is 5.75 Å². The van der Waals surface area contributed by atoms with Gasteiger partial charge in [-0.3, -0.25) is 9.59 Å². The van der Waals surface area contributed by atoms with E-state index in [2.05, 4.69) is 17.6 Å². The van der Waals surface area contributed by atoms with E-state index in [1.165, 1.54) is 23.3 Å². The summed E-state index contributed by atoms with van der Waals surface area (Å²) in [6.45, 7) is 2.22. The number of nitrogens with one attached hydrogen (secondary N) is 2. The second-order valence-electron chi connectivity index (χ2n) is 6.29. The monoisotopic (exact) mass is 358 g/mol. The number of carbonyl (C=O) groups is 2. The predicted molar refractivity (Wildman–Crippen MR) is 99.8 cm³/mol. The van der Waals surface area contributed by atoms with E-state index in [9.17, 15) is 9.59 Å². The normalized spacial score (nSPS) is 16.0. The molecule has 3 rings (SSSR count). The number of hydrogen-bond donors (Lipinski definition) is 2. The maximum atomic E-state index is 12.7. The first-order valence-corrected chi connectivity index (χ1v) is 9.17. The van der Waals surface area contributed by atoms with Gasteiger partial charge < -0.3 is 15.4 Å². The smallest absolute Gasteiger partial charge is 0.260 e. The SMILES string of the molecule is CNC(=O)c1c(NC(=O)c2ccccc2OC)sc2c1CC[C@H](C)C2. The van der Waals surface area contributed by atoms with Crippen LogP contribution in [-0.2, 0) is 12.8 Å². The summed E-state index contributed by atoms with van der Waals surface area (Å²) in [6.07, 6.45) is 2.89. The second-order valence-corrected chi connectivity index (χ2v) is 7.39. The van der Waals surface area contributed by atoms with Gasteiger partial charge in [0, 0.05) is 11.9 Å². The molecule has 6 heteroatoms. The Hall–Kier alpha value is -2.34. The van der Waals surface area contributed by atoms with Crippen LogP contribution in [0.2, 0.25) is 0 Å². The Morgan fingerprint density at radius 2 is 2.00 bits per heavy atom. The quantitative estimate of drug-likeness (QED) is 0.879. The molecule has 132 valence electrons. The molecule has 0 radical (unpaired) electrons. The van der Waals surface area contributed by atoms with Crippen LogP contribution in [0.3, 0.4) is 0 Å². The zero-order valence-corrected chi connectivity index (χ0v) is 15.5. The lowest BCUT2D eigenvalue weighted by Crippen LogP contribution is -2.22. The average molecular weight is 358 g/mol. The van der Waals surface area contributed by atoms with Crippen LogP contribution in [0.4, 0.5) is 5.00 Å². The fraction of sp³-hybridized carbons (Fsp3) is 0.368. The molecule has 0 aliphatic heterocycles. The minimum atomic E-state index is -0.269. The molecule has 0 saturated heterocycles. The molecule has 0 saturated carbocycles. The van der Waals surface area contributed by atoms with Crippen LogP contribution in [0.1, 0.15) is 44.5 Å². The van der Waals surface area contributed by atoms with Crippen molar-refractivity contribution >= 4 is 28.2 Å². The van der Waals surface area contributed by atoms with Crippen molar-refractivity contribution in [3.63, 3.8) is 0 Å². The summed E-state index contributed by atoms with van der Waals surface area (Å²) in [4.78, 5) is 26.3. The van der Waals surface area contributed by atoms with E-state index in [0.29, 0.717) is 27.8 Å². The molecule has 25 heavy (non-hydrogen) atoms. The van der Waals surface area contributed by atoms with Crippen molar-refractivity contribution in [2.75, 3.05) is 19.5 Å². The minimum Gasteiger partial charge on any atom is -0.496 e. The molecule has 0 spiro atoms. The molecule has 1 aliphatic carbocycles. The fourth-order valence-corrected chi connectivity index (χ4v) is 4.61. The number of rotatable bonds is 4. The van der Waals surface area contributed by atoms with Crippen LogP contribution >= 0.6 is 11.3 Å². The van der Waals surface area contributed by atoms with E-state index in [1.807, 2.05) is 6.07 Å². The number of methoxy groups -OCH3 is 1. The van der Waals surface area contributed by atoms with Crippen molar-refractivity contribution in [2.24, 2.45) is 5.92 Å². The lowest BCUT2D eigenvalue weighted by Gasteiger charge is -2.18. The molecule has 1 aromatic heterocycles. The third-order valence-corrected chi connectivity index (χ3v) is 5.71. The molecule has 2 amide bonds. The first kappa shape index (κ1) is 17.5. The van der Waals surface area contributed by atoms with Gasteiger partial charge in [-0.15, -0.1) is 11.3 Å². The summed E-state index contributed by atoms with van der Waals surface area (Å²) < 4.78 is 5.26. The van der Waals surface area contributed by atoms with Gasteiger partial charge in [-0.05, 0) is 42.9 Å². The van der Waals surface area contributed by atoms with E-state index >= 15 is 0 Å². The molecule has 5 nitrogen and oxygen atoms in total. The average Bonchev–Trinajstić information content (AvgIpc) is 2.97. The van der Waals surface area contributed by atoms with Crippen LogP contribution in [0.15, 0.2) is 24.3 Å². The van der Waals surface area contributed by atoms with Gasteiger partial charge >= 0.3 is 0 Å². The van der Waals surface area contributed by atoms with Gasteiger partial charge in [0.25, 0.3) is 11.8 Å². The molecule has 2 aromatic rings. The third-order valence-electron chi connectivity index (χ3n) is 4.54. The Kier molecular flexibility index (Phi) is 5.08. The van der Waals surface area contributed by atoms with Crippen molar-refractivity contribution in [3.05, 3.63) is 45.8 Å². The highest BCUT2D eigenvalue weighted by Crippen LogP contribution is 2.40. The van der Waals surface area contributed by atoms with Crippen LogP contribution in [0.5, 0.6) is 5.75 Å². The van der Waals surface area contributed by atoms with Gasteiger partial charge in [-0.25, -0.2) is 0 Å². The number of hydrogen-bond acceptors (Lipinski definition) is 4. The Balaban J connectivity index is 1.97. The molecule has 1 heterocycles. The number of benzene rings is 1. The highest BCUT2D eigenvalue weighted by Gasteiger charge is 2.28. The van der Waals surface area contributed by atoms with E-state index in [0.717, 1.165) is 24.8 Å². The molecule has 1 aromatic carbocycles. The summed E-state index contributed by atoms with van der Waals surface area (Å²) >= 11 is 1.51. The van der Waals surface area contributed by atoms with Gasteiger partial charge in [0.2, 0.25) is 0 Å². The Bertz CT molecular complexity index is 813. The van der Waals surface area contributed by atoms with Crippen molar-refractivity contribution in [1.82, 2.24) is 5.32 Å². The standard InChI is InChI=1S/C19H22N2O3S/c1-11-8-9-13-15(10-11)25-19(16(13)18(23)20-2)21-17(22)12-6-4-5-7-14(12)24-3/h4-7,11H,8-10H2,1-3H3,(H,20,23)(H,21,22)/t11-/m0/s1. The van der Waals surface area contributed by atoms with Crippen molar-refractivity contribution < 1.29 is 14.3 Å². The largest absolute Gasteiger partial charge is 0.496 e. The molecule has 0 unspecified atom stereocenters. The molecule has 1 aliphatic rings. The van der Waals surface area contributed by atoms with Crippen LogP contribution in [-0.4, -0.2) is 26.0 Å². The van der Waals surface area contributed by atoms with Crippen LogP contribution in [0.25, 0.3) is 0 Å². The summed E-state index contributed by atoms with van der Waals surface area (Å²) in [5.41, 5.74) is 2.14. The summed E-state index contributed by atoms with van der Waals surface area (Å²) in [6, 6.07) is 7.06. The number of anilines is 1. The summed E-state index contributed by atoms with van der Waals surface area (Å²) in [5.74, 6) is 0.689. The maximum absolute atomic E-state index is 12.7. The number of fused-ring (bicyclic) bond motifs is 1. The second kappa shape index (κ2) is 7.27. The first-order chi connectivity index (χ1) is 12.0. The fourth-order valence-electron chi connectivity index (χ4n) is 3.21. The number of ether oxygens (including phenoxy) is 1. The van der Waals surface area contributed by atoms with Crippen LogP contribution < -0.4 is 15.4 Å². The molecule has 1 atom stereocenters. The summed E-state index contributed by atoms with van der Waals surface area (Å²) in [7, 11) is 3.15. The minimum absolute atomic E-state index is 0.151. The van der Waals surface area contributed by atoms with E-state index < -0.39 is 0 Å². The first-order valence-electron chi connectivity index (χ1n) is 8.36. The maximum Gasteiger partial charge on any atom is 0.260 e. The Morgan fingerprint density at radius 1 is 1.24 bits per heavy atom. The highest BCUT2D eigenvalue weighted by molar-refractivity contribution is 7.17. The molecule has 2 N–H and O–H groups in total. The topological polar surface area (TPSA) is 67.4 Å². The molecule has 0 bridgehead atoms. The zero-order valence-electron chi connectivity index (χ0n) is 14.6. The number of amides is 2. The number of thiophene rings is 1. The Labute approximate surface area is 151 Å². The van der Waals surface area contributed by atoms with Crippen molar-refractivity contribution in [2.45, 2.75) is 26.2 Å². The lowest BCUT2D eigenvalue weighted by atomic mass is 9.88. The molecule has 0 fully saturated rings. The molecular weight excluding hydrogens is 336 g/mol. The number of carbonyl (C=O) groups excluding carboxylic acids is 2. The van der Waals surface area contributed by atoms with Gasteiger partial charge in [0.15, 0.2) is 0 Å². The van der Waals surface area contributed by atoms with E-state index in [-0.39, 0.29) is 11.8 Å². The van der Waals surface area contributed by atoms with Crippen molar-refractivity contribution in [1.29, 1.82) is 0 Å². The van der Waals surface area contributed by atoms with Crippen LogP contribution in [0, 0.1) is 5.92 Å². The molecular formula is C19H22N2O3S. The highest BCUT2D eigenvalue weighted by atomic mass is 32.1. The zero-order chi connectivity index (χ0) is 18.0. The summed E-state index contributed by atoms with van der Waals surface area (Å²) in [5, 5.41) is 6.24.